The molecule has 0 heterocycles. The second kappa shape index (κ2) is 5.03. The highest BCUT2D eigenvalue weighted by molar-refractivity contribution is 7.80. The lowest BCUT2D eigenvalue weighted by Gasteiger charge is -2.13. The van der Waals surface area contributed by atoms with E-state index in [0.29, 0.717) is 12.0 Å². The lowest BCUT2D eigenvalue weighted by Crippen LogP contribution is -2.18. The van der Waals surface area contributed by atoms with E-state index < -0.39 is 0 Å². The Labute approximate surface area is 113 Å². The molecule has 1 aromatic rings. The molecule has 0 bridgehead atoms. The molecule has 1 saturated carbocycles. The van der Waals surface area contributed by atoms with Crippen molar-refractivity contribution >= 4 is 24.2 Å². The summed E-state index contributed by atoms with van der Waals surface area (Å²) in [7, 11) is 0. The largest absolute Gasteiger partial charge is 0.326 e. The molecule has 94 valence electrons. The van der Waals surface area contributed by atoms with Crippen LogP contribution in [-0.2, 0) is 4.79 Å². The first kappa shape index (κ1) is 13.0. The van der Waals surface area contributed by atoms with Gasteiger partial charge in [0.15, 0.2) is 0 Å². The molecule has 1 aromatic carbocycles. The third kappa shape index (κ3) is 2.85. The summed E-state index contributed by atoms with van der Waals surface area (Å²) in [6, 6.07) is 7.39. The van der Waals surface area contributed by atoms with Crippen LogP contribution < -0.4 is 5.32 Å². The molecule has 3 nitrogen and oxygen atoms in total. The number of nitriles is 1. The molecule has 0 aromatic heterocycles. The Morgan fingerprint density at radius 3 is 2.83 bits per heavy atom. The molecule has 1 fully saturated rings. The molecule has 0 atom stereocenters. The molecule has 0 spiro atoms. The number of rotatable bonds is 4. The van der Waals surface area contributed by atoms with Crippen LogP contribution in [0.3, 0.4) is 0 Å². The predicted octanol–water partition coefficient (Wildman–Crippen LogP) is 2.91. The van der Waals surface area contributed by atoms with Crippen LogP contribution >= 0.6 is 12.6 Å². The Morgan fingerprint density at radius 2 is 2.28 bits per heavy atom. The topological polar surface area (TPSA) is 52.9 Å². The molecule has 0 unspecified atom stereocenters. The zero-order chi connectivity index (χ0) is 13.2. The molecular weight excluding hydrogens is 244 g/mol. The van der Waals surface area contributed by atoms with Gasteiger partial charge in [-0.2, -0.15) is 17.9 Å². The fourth-order valence-corrected chi connectivity index (χ4v) is 2.36. The van der Waals surface area contributed by atoms with Crippen molar-refractivity contribution < 1.29 is 4.79 Å². The van der Waals surface area contributed by atoms with Gasteiger partial charge in [-0.15, -0.1) is 0 Å². The number of carbonyl (C=O) groups is 1. The summed E-state index contributed by atoms with van der Waals surface area (Å²) >= 11 is 4.29. The average molecular weight is 260 g/mol. The first-order valence-corrected chi connectivity index (χ1v) is 6.63. The van der Waals surface area contributed by atoms with Crippen molar-refractivity contribution in [1.29, 1.82) is 5.26 Å². The third-order valence-corrected chi connectivity index (χ3v) is 4.14. The van der Waals surface area contributed by atoms with Crippen LogP contribution in [0, 0.1) is 23.7 Å². The lowest BCUT2D eigenvalue weighted by molar-refractivity contribution is -0.117. The van der Waals surface area contributed by atoms with E-state index in [1.807, 2.05) is 13.0 Å². The lowest BCUT2D eigenvalue weighted by atomic mass is 10.0. The van der Waals surface area contributed by atoms with Crippen LogP contribution in [0.2, 0.25) is 0 Å². The minimum absolute atomic E-state index is 0.0136. The highest BCUT2D eigenvalue weighted by atomic mass is 32.1. The third-order valence-electron chi connectivity index (χ3n) is 3.47. The second-order valence-electron chi connectivity index (χ2n) is 5.02. The summed E-state index contributed by atoms with van der Waals surface area (Å²) in [5.41, 5.74) is 2.38. The van der Waals surface area contributed by atoms with Crippen molar-refractivity contribution in [3.63, 3.8) is 0 Å². The van der Waals surface area contributed by atoms with Gasteiger partial charge in [-0.3, -0.25) is 4.79 Å². The molecule has 1 N–H and O–H groups in total. The number of hydrogen-bond acceptors (Lipinski definition) is 3. The zero-order valence-electron chi connectivity index (χ0n) is 10.4. The van der Waals surface area contributed by atoms with Crippen molar-refractivity contribution in [1.82, 2.24) is 0 Å². The van der Waals surface area contributed by atoms with Crippen LogP contribution in [0.15, 0.2) is 18.2 Å². The van der Waals surface area contributed by atoms with E-state index in [9.17, 15) is 4.79 Å². The van der Waals surface area contributed by atoms with Gasteiger partial charge in [0.05, 0.1) is 11.6 Å². The van der Waals surface area contributed by atoms with E-state index >= 15 is 0 Å². The quantitative estimate of drug-likeness (QED) is 0.818. The Hall–Kier alpha value is -1.47. The number of aryl methyl sites for hydroxylation is 1. The summed E-state index contributed by atoms with van der Waals surface area (Å²) in [6.07, 6.45) is 2.69. The van der Waals surface area contributed by atoms with Crippen molar-refractivity contribution in [2.45, 2.75) is 26.2 Å². The van der Waals surface area contributed by atoms with Crippen molar-refractivity contribution in [2.24, 2.45) is 5.41 Å². The Balaban J connectivity index is 2.05. The molecule has 1 aliphatic carbocycles. The van der Waals surface area contributed by atoms with Gasteiger partial charge in [0.1, 0.15) is 0 Å². The predicted molar refractivity (Wildman–Crippen MR) is 74.7 cm³/mol. The fraction of sp³-hybridized carbons (Fsp3) is 0.429. The number of carbonyl (C=O) groups excluding carboxylic acids is 1. The highest BCUT2D eigenvalue weighted by Gasteiger charge is 2.42. The molecule has 18 heavy (non-hydrogen) atoms. The Kier molecular flexibility index (Phi) is 3.63. The van der Waals surface area contributed by atoms with E-state index in [4.69, 9.17) is 5.26 Å². The Bertz CT molecular complexity index is 515. The normalized spacial score (nSPS) is 15.8. The average Bonchev–Trinajstić information content (AvgIpc) is 3.12. The maximum Gasteiger partial charge on any atom is 0.224 e. The van der Waals surface area contributed by atoms with Crippen LogP contribution in [0.1, 0.15) is 30.4 Å². The number of amides is 1. The summed E-state index contributed by atoms with van der Waals surface area (Å²) in [5, 5.41) is 11.7. The summed E-state index contributed by atoms with van der Waals surface area (Å²) in [5.74, 6) is 0.775. The second-order valence-corrected chi connectivity index (χ2v) is 5.34. The number of benzene rings is 1. The minimum Gasteiger partial charge on any atom is -0.326 e. The molecular formula is C14H16N2OS. The number of nitrogens with zero attached hydrogens (tertiary/aromatic N) is 1. The van der Waals surface area contributed by atoms with E-state index in [0.717, 1.165) is 29.8 Å². The SMILES string of the molecule is Cc1ccc(C#N)cc1NC(=O)CC1(CS)CC1. The molecule has 1 amide bonds. The maximum atomic E-state index is 12.0. The van der Waals surface area contributed by atoms with Gasteiger partial charge in [-0.1, -0.05) is 6.07 Å². The van der Waals surface area contributed by atoms with E-state index in [-0.39, 0.29) is 11.3 Å². The molecule has 0 aliphatic heterocycles. The number of hydrogen-bond donors (Lipinski definition) is 2. The monoisotopic (exact) mass is 260 g/mol. The number of nitrogens with one attached hydrogen (secondary N) is 1. The minimum atomic E-state index is 0.0136. The van der Waals surface area contributed by atoms with Gasteiger partial charge in [0.25, 0.3) is 0 Å². The Morgan fingerprint density at radius 1 is 1.56 bits per heavy atom. The van der Waals surface area contributed by atoms with Crippen molar-refractivity contribution in [3.8, 4) is 6.07 Å². The van der Waals surface area contributed by atoms with Gasteiger partial charge in [-0.25, -0.2) is 0 Å². The molecule has 0 radical (unpaired) electrons. The van der Waals surface area contributed by atoms with E-state index in [2.05, 4.69) is 24.0 Å². The van der Waals surface area contributed by atoms with Crippen molar-refractivity contribution in [2.75, 3.05) is 11.1 Å². The molecule has 2 rings (SSSR count). The summed E-state index contributed by atoms with van der Waals surface area (Å²) in [6.45, 7) is 1.92. The van der Waals surface area contributed by atoms with Gasteiger partial charge in [-0.05, 0) is 48.6 Å². The van der Waals surface area contributed by atoms with Crippen LogP contribution in [0.4, 0.5) is 5.69 Å². The summed E-state index contributed by atoms with van der Waals surface area (Å²) < 4.78 is 0. The highest BCUT2D eigenvalue weighted by Crippen LogP contribution is 2.49. The van der Waals surface area contributed by atoms with E-state index in [1.165, 1.54) is 0 Å². The van der Waals surface area contributed by atoms with Gasteiger partial charge in [0.2, 0.25) is 5.91 Å². The number of anilines is 1. The zero-order valence-corrected chi connectivity index (χ0v) is 11.3. The van der Waals surface area contributed by atoms with Gasteiger partial charge in [0, 0.05) is 12.1 Å². The van der Waals surface area contributed by atoms with Gasteiger partial charge < -0.3 is 5.32 Å². The summed E-state index contributed by atoms with van der Waals surface area (Å²) in [4.78, 5) is 12.0. The molecule has 0 saturated heterocycles. The van der Waals surface area contributed by atoms with Crippen molar-refractivity contribution in [3.05, 3.63) is 29.3 Å². The molecule has 4 heteroatoms. The van der Waals surface area contributed by atoms with Crippen LogP contribution in [0.25, 0.3) is 0 Å². The first-order valence-electron chi connectivity index (χ1n) is 6.00. The molecule has 1 aliphatic rings. The standard InChI is InChI=1S/C14H16N2OS/c1-10-2-3-11(8-15)6-12(10)16-13(17)7-14(9-18)4-5-14/h2-3,6,18H,4-5,7,9H2,1H3,(H,16,17). The number of thiol groups is 1. The van der Waals surface area contributed by atoms with Gasteiger partial charge >= 0.3 is 0 Å². The first-order chi connectivity index (χ1) is 8.58. The van der Waals surface area contributed by atoms with Crippen LogP contribution in [-0.4, -0.2) is 11.7 Å². The van der Waals surface area contributed by atoms with Crippen LogP contribution in [0.5, 0.6) is 0 Å². The smallest absolute Gasteiger partial charge is 0.224 e. The maximum absolute atomic E-state index is 12.0. The fourth-order valence-electron chi connectivity index (χ4n) is 1.93. The van der Waals surface area contributed by atoms with E-state index in [1.54, 1.807) is 12.1 Å².